The number of hydrazine groups is 1. The fourth-order valence-corrected chi connectivity index (χ4v) is 2.71. The van der Waals surface area contributed by atoms with E-state index in [4.69, 9.17) is 29.0 Å². The van der Waals surface area contributed by atoms with Crippen molar-refractivity contribution < 1.29 is 0 Å². The van der Waals surface area contributed by atoms with Crippen LogP contribution in [0.25, 0.3) is 0 Å². The van der Waals surface area contributed by atoms with Crippen LogP contribution >= 0.6 is 39.1 Å². The summed E-state index contributed by atoms with van der Waals surface area (Å²) in [6, 6.07) is 5.32. The third kappa shape index (κ3) is 3.32. The molecule has 2 aromatic rings. The van der Waals surface area contributed by atoms with Crippen LogP contribution < -0.4 is 16.6 Å². The van der Waals surface area contributed by atoms with Gasteiger partial charge in [-0.1, -0.05) is 29.3 Å². The highest BCUT2D eigenvalue weighted by molar-refractivity contribution is 9.10. The highest BCUT2D eigenvalue weighted by Crippen LogP contribution is 2.31. The number of hydrogen-bond donors (Lipinski definition) is 3. The van der Waals surface area contributed by atoms with E-state index in [-0.39, 0.29) is 6.04 Å². The van der Waals surface area contributed by atoms with Gasteiger partial charge in [0.05, 0.1) is 6.04 Å². The summed E-state index contributed by atoms with van der Waals surface area (Å²) in [5, 5.41) is 4.44. The van der Waals surface area contributed by atoms with Crippen molar-refractivity contribution in [1.82, 2.24) is 9.97 Å². The first-order valence-corrected chi connectivity index (χ1v) is 7.26. The first kappa shape index (κ1) is 15.3. The molecule has 4 N–H and O–H groups in total. The Balaban J connectivity index is 2.25. The molecule has 8 heteroatoms. The predicted octanol–water partition coefficient (Wildman–Crippen LogP) is 4.00. The third-order valence-corrected chi connectivity index (χ3v) is 4.02. The van der Waals surface area contributed by atoms with Gasteiger partial charge in [0, 0.05) is 10.0 Å². The molecule has 0 aliphatic carbocycles. The van der Waals surface area contributed by atoms with Gasteiger partial charge in [-0.3, -0.25) is 0 Å². The second-order valence-electron chi connectivity index (χ2n) is 4.06. The molecule has 0 spiro atoms. The lowest BCUT2D eigenvalue weighted by molar-refractivity contribution is 0.870. The topological polar surface area (TPSA) is 75.9 Å². The standard InChI is InChI=1S/C12H12BrCl2N5/c1-6(8-3-2-7(14)4-9(8)15)19-11-10(13)12(20-16)18-5-17-11/h2-6H,16H2,1H3,(H2,17,18,19,20). The maximum atomic E-state index is 6.19. The molecule has 5 nitrogen and oxygen atoms in total. The molecule has 106 valence electrons. The lowest BCUT2D eigenvalue weighted by atomic mass is 10.1. The Morgan fingerprint density at radius 2 is 1.95 bits per heavy atom. The summed E-state index contributed by atoms with van der Waals surface area (Å²) < 4.78 is 0.652. The van der Waals surface area contributed by atoms with E-state index < -0.39 is 0 Å². The van der Waals surface area contributed by atoms with E-state index in [1.165, 1.54) is 6.33 Å². The summed E-state index contributed by atoms with van der Waals surface area (Å²) in [5.74, 6) is 6.48. The molecule has 0 bridgehead atoms. The van der Waals surface area contributed by atoms with Crippen LogP contribution in [0.5, 0.6) is 0 Å². The van der Waals surface area contributed by atoms with Gasteiger partial charge in [0.25, 0.3) is 0 Å². The van der Waals surface area contributed by atoms with Crippen molar-refractivity contribution in [3.05, 3.63) is 44.6 Å². The predicted molar refractivity (Wildman–Crippen MR) is 86.0 cm³/mol. The number of nitrogens with zero attached hydrogens (tertiary/aromatic N) is 2. The van der Waals surface area contributed by atoms with Crippen LogP contribution in [0, 0.1) is 0 Å². The molecule has 0 fully saturated rings. The zero-order valence-electron chi connectivity index (χ0n) is 10.5. The highest BCUT2D eigenvalue weighted by Gasteiger charge is 2.14. The summed E-state index contributed by atoms with van der Waals surface area (Å²) >= 11 is 15.5. The fraction of sp³-hybridized carbons (Fsp3) is 0.167. The molecule has 0 radical (unpaired) electrons. The Morgan fingerprint density at radius 1 is 1.25 bits per heavy atom. The van der Waals surface area contributed by atoms with Crippen LogP contribution in [0.1, 0.15) is 18.5 Å². The molecule has 20 heavy (non-hydrogen) atoms. The second-order valence-corrected chi connectivity index (χ2v) is 5.70. The molecule has 0 aliphatic heterocycles. The molecule has 0 saturated heterocycles. The molecule has 1 heterocycles. The number of nitrogen functional groups attached to an aromatic ring is 1. The van der Waals surface area contributed by atoms with Gasteiger partial charge in [0.2, 0.25) is 0 Å². The summed E-state index contributed by atoms with van der Waals surface area (Å²) in [6.45, 7) is 1.97. The number of rotatable bonds is 4. The van der Waals surface area contributed by atoms with Crippen LogP contribution in [0.15, 0.2) is 29.0 Å². The maximum Gasteiger partial charge on any atom is 0.159 e. The van der Waals surface area contributed by atoms with Gasteiger partial charge in [0.1, 0.15) is 16.6 Å². The van der Waals surface area contributed by atoms with Crippen molar-refractivity contribution in [3.63, 3.8) is 0 Å². The highest BCUT2D eigenvalue weighted by atomic mass is 79.9. The lowest BCUT2D eigenvalue weighted by Crippen LogP contribution is -2.13. The van der Waals surface area contributed by atoms with E-state index in [2.05, 4.69) is 36.6 Å². The first-order valence-electron chi connectivity index (χ1n) is 5.71. The molecule has 1 aromatic heterocycles. The van der Waals surface area contributed by atoms with Crippen molar-refractivity contribution in [2.45, 2.75) is 13.0 Å². The molecular weight excluding hydrogens is 365 g/mol. The molecule has 0 amide bonds. The Hall–Kier alpha value is -1.08. The smallest absolute Gasteiger partial charge is 0.159 e. The van der Waals surface area contributed by atoms with Crippen molar-refractivity contribution in [1.29, 1.82) is 0 Å². The van der Waals surface area contributed by atoms with Crippen LogP contribution in [0.3, 0.4) is 0 Å². The SMILES string of the molecule is CC(Nc1ncnc(NN)c1Br)c1ccc(Cl)cc1Cl. The molecule has 0 aliphatic rings. The molecule has 0 saturated carbocycles. The number of nitrogens with two attached hydrogens (primary N) is 1. The summed E-state index contributed by atoms with van der Waals surface area (Å²) in [6.07, 6.45) is 1.42. The van der Waals surface area contributed by atoms with E-state index in [0.29, 0.717) is 26.2 Å². The minimum Gasteiger partial charge on any atom is -0.362 e. The Morgan fingerprint density at radius 3 is 2.60 bits per heavy atom. The first-order chi connectivity index (χ1) is 9.52. The van der Waals surface area contributed by atoms with E-state index >= 15 is 0 Å². The summed E-state index contributed by atoms with van der Waals surface area (Å²) in [4.78, 5) is 8.15. The molecule has 1 atom stereocenters. The minimum atomic E-state index is -0.0587. The average molecular weight is 377 g/mol. The monoisotopic (exact) mass is 375 g/mol. The van der Waals surface area contributed by atoms with Gasteiger partial charge in [0.15, 0.2) is 5.82 Å². The van der Waals surface area contributed by atoms with Crippen molar-refractivity contribution in [3.8, 4) is 0 Å². The summed E-state index contributed by atoms with van der Waals surface area (Å²) in [5.41, 5.74) is 3.41. The molecule has 2 rings (SSSR count). The van der Waals surface area contributed by atoms with Gasteiger partial charge in [-0.05, 0) is 40.5 Å². The number of benzene rings is 1. The minimum absolute atomic E-state index is 0.0587. The second kappa shape index (κ2) is 6.58. The van der Waals surface area contributed by atoms with Crippen molar-refractivity contribution in [2.24, 2.45) is 5.84 Å². The normalized spacial score (nSPS) is 12.1. The van der Waals surface area contributed by atoms with E-state index in [9.17, 15) is 0 Å². The zero-order valence-corrected chi connectivity index (χ0v) is 13.6. The summed E-state index contributed by atoms with van der Waals surface area (Å²) in [7, 11) is 0. The van der Waals surface area contributed by atoms with Crippen molar-refractivity contribution >= 4 is 50.8 Å². The van der Waals surface area contributed by atoms with Crippen LogP contribution in [-0.4, -0.2) is 9.97 Å². The molecule has 1 aromatic carbocycles. The number of aromatic nitrogens is 2. The molecular formula is C12H12BrCl2N5. The average Bonchev–Trinajstić information content (AvgIpc) is 2.41. The van der Waals surface area contributed by atoms with Gasteiger partial charge in [-0.2, -0.15) is 0 Å². The van der Waals surface area contributed by atoms with E-state index in [1.807, 2.05) is 13.0 Å². The van der Waals surface area contributed by atoms with Crippen LogP contribution in [0.4, 0.5) is 11.6 Å². The Kier molecular flexibility index (Phi) is 5.04. The van der Waals surface area contributed by atoms with E-state index in [1.54, 1.807) is 12.1 Å². The lowest BCUT2D eigenvalue weighted by Gasteiger charge is -2.18. The number of halogens is 3. The van der Waals surface area contributed by atoms with E-state index in [0.717, 1.165) is 5.56 Å². The third-order valence-electron chi connectivity index (χ3n) is 2.71. The quantitative estimate of drug-likeness (QED) is 0.555. The van der Waals surface area contributed by atoms with Crippen LogP contribution in [-0.2, 0) is 0 Å². The van der Waals surface area contributed by atoms with Crippen molar-refractivity contribution in [2.75, 3.05) is 10.7 Å². The van der Waals surface area contributed by atoms with Gasteiger partial charge in [-0.25, -0.2) is 15.8 Å². The number of nitrogens with one attached hydrogen (secondary N) is 2. The Labute approximate surface area is 135 Å². The number of hydrogen-bond acceptors (Lipinski definition) is 5. The molecule has 1 unspecified atom stereocenters. The fourth-order valence-electron chi connectivity index (χ4n) is 1.71. The van der Waals surface area contributed by atoms with Gasteiger partial charge >= 0.3 is 0 Å². The van der Waals surface area contributed by atoms with Gasteiger partial charge < -0.3 is 10.7 Å². The Bertz CT molecular complexity index is 623. The number of anilines is 2. The zero-order chi connectivity index (χ0) is 14.7. The van der Waals surface area contributed by atoms with Crippen LogP contribution in [0.2, 0.25) is 10.0 Å². The van der Waals surface area contributed by atoms with Gasteiger partial charge in [-0.15, -0.1) is 0 Å². The largest absolute Gasteiger partial charge is 0.362 e. The maximum absolute atomic E-state index is 6.19.